The van der Waals surface area contributed by atoms with Gasteiger partial charge in [0.2, 0.25) is 5.91 Å². The van der Waals surface area contributed by atoms with Gasteiger partial charge < -0.3 is 15.5 Å². The fraction of sp³-hybridized carbons (Fsp3) is 0.455. The number of anilines is 2. The summed E-state index contributed by atoms with van der Waals surface area (Å²) in [5.74, 6) is 0.138. The Hall–Kier alpha value is -2.94. The first-order valence-corrected chi connectivity index (χ1v) is 11.3. The first-order chi connectivity index (χ1) is 15.5. The maximum Gasteiger partial charge on any atom is 0.243 e. The molecule has 2 aromatic heterocycles. The van der Waals surface area contributed by atoms with Crippen molar-refractivity contribution >= 4 is 39.9 Å². The van der Waals surface area contributed by atoms with Crippen molar-refractivity contribution in [1.82, 2.24) is 25.7 Å². The fourth-order valence-electron chi connectivity index (χ4n) is 4.59. The topological polar surface area (TPSA) is 98.8 Å². The van der Waals surface area contributed by atoms with Gasteiger partial charge in [-0.2, -0.15) is 10.2 Å². The van der Waals surface area contributed by atoms with Crippen LogP contribution in [-0.4, -0.2) is 51.5 Å². The minimum absolute atomic E-state index is 0.0134. The van der Waals surface area contributed by atoms with Crippen LogP contribution in [0.4, 0.5) is 15.8 Å². The molecule has 1 aromatic carbocycles. The molecule has 1 aliphatic heterocycles. The molecule has 1 saturated heterocycles. The van der Waals surface area contributed by atoms with Crippen molar-refractivity contribution in [3.05, 3.63) is 41.4 Å². The Balaban J connectivity index is 1.30. The summed E-state index contributed by atoms with van der Waals surface area (Å²) < 4.78 is 13.8. The smallest absolute Gasteiger partial charge is 0.243 e. The summed E-state index contributed by atoms with van der Waals surface area (Å²) >= 11 is 5.99. The molecule has 3 aromatic rings. The van der Waals surface area contributed by atoms with E-state index in [1.165, 1.54) is 12.1 Å². The highest BCUT2D eigenvalue weighted by molar-refractivity contribution is 6.30. The minimum Gasteiger partial charge on any atom is -0.373 e. The van der Waals surface area contributed by atoms with Crippen molar-refractivity contribution in [2.24, 2.45) is 11.8 Å². The molecular formula is C22H25ClFN7O. The number of H-pyrrole nitrogens is 1. The Labute approximate surface area is 189 Å². The lowest BCUT2D eigenvalue weighted by Gasteiger charge is -2.38. The normalized spacial score (nSPS) is 22.0. The summed E-state index contributed by atoms with van der Waals surface area (Å²) in [5.41, 5.74) is 2.12. The number of benzene rings is 1. The van der Waals surface area contributed by atoms with Gasteiger partial charge in [-0.3, -0.25) is 9.89 Å². The van der Waals surface area contributed by atoms with Crippen LogP contribution in [0.5, 0.6) is 0 Å². The van der Waals surface area contributed by atoms with Gasteiger partial charge in [0.1, 0.15) is 11.9 Å². The van der Waals surface area contributed by atoms with Crippen LogP contribution >= 0.6 is 11.6 Å². The van der Waals surface area contributed by atoms with Crippen molar-refractivity contribution in [2.75, 3.05) is 23.3 Å². The summed E-state index contributed by atoms with van der Waals surface area (Å²) in [6, 6.07) is 3.83. The zero-order chi connectivity index (χ0) is 22.2. The number of hydrogen-bond donors (Lipinski definition) is 3. The first-order valence-electron chi connectivity index (χ1n) is 10.9. The molecule has 5 rings (SSSR count). The molecule has 2 aliphatic rings. The van der Waals surface area contributed by atoms with E-state index in [4.69, 9.17) is 11.6 Å². The second-order valence-electron chi connectivity index (χ2n) is 8.93. The van der Waals surface area contributed by atoms with E-state index in [2.05, 4.69) is 42.9 Å². The predicted molar refractivity (Wildman–Crippen MR) is 121 cm³/mol. The number of halogens is 2. The van der Waals surface area contributed by atoms with Crippen LogP contribution in [0.1, 0.15) is 26.2 Å². The second-order valence-corrected chi connectivity index (χ2v) is 9.37. The molecule has 1 saturated carbocycles. The number of carbonyl (C=O) groups is 1. The zero-order valence-electron chi connectivity index (χ0n) is 17.7. The molecule has 10 heteroatoms. The average Bonchev–Trinajstić information content (AvgIpc) is 3.46. The van der Waals surface area contributed by atoms with Gasteiger partial charge >= 0.3 is 0 Å². The summed E-state index contributed by atoms with van der Waals surface area (Å²) in [5, 5.41) is 22.8. The molecule has 168 valence electrons. The number of carbonyl (C=O) groups excluding carboxylic acids is 1. The molecule has 0 radical (unpaired) electrons. The third kappa shape index (κ3) is 4.48. The molecule has 3 heterocycles. The number of amides is 1. The molecule has 3 atom stereocenters. The van der Waals surface area contributed by atoms with Crippen LogP contribution in [0.2, 0.25) is 5.02 Å². The molecule has 2 fully saturated rings. The molecule has 8 nitrogen and oxygen atoms in total. The van der Waals surface area contributed by atoms with E-state index < -0.39 is 11.9 Å². The van der Waals surface area contributed by atoms with Gasteiger partial charge in [-0.15, -0.1) is 5.10 Å². The number of fused-ring (bicyclic) bond motifs is 1. The van der Waals surface area contributed by atoms with Crippen molar-refractivity contribution < 1.29 is 9.18 Å². The monoisotopic (exact) mass is 457 g/mol. The molecule has 1 aliphatic carbocycles. The Kier molecular flexibility index (Phi) is 5.58. The molecule has 1 amide bonds. The minimum atomic E-state index is -0.428. The quantitative estimate of drug-likeness (QED) is 0.525. The summed E-state index contributed by atoms with van der Waals surface area (Å²) in [6.45, 7) is 3.72. The zero-order valence-corrected chi connectivity index (χ0v) is 18.4. The van der Waals surface area contributed by atoms with Gasteiger partial charge in [0.15, 0.2) is 5.65 Å². The SMILES string of the molecule is C[C@H]1C[C@@H](NC(=O)[C@H](Nc2cc(F)cc(Cl)c2)C2CC2)CN(c2cnnc3[nH]ncc23)C1. The number of piperidine rings is 1. The maximum atomic E-state index is 13.8. The second kappa shape index (κ2) is 8.54. The highest BCUT2D eigenvalue weighted by Crippen LogP contribution is 2.35. The maximum absolute atomic E-state index is 13.8. The van der Waals surface area contributed by atoms with Crippen LogP contribution in [0.15, 0.2) is 30.6 Å². The molecule has 0 unspecified atom stereocenters. The summed E-state index contributed by atoms with van der Waals surface area (Å²) in [6.07, 6.45) is 6.34. The Morgan fingerprint density at radius 1 is 1.28 bits per heavy atom. The van der Waals surface area contributed by atoms with Gasteiger partial charge in [-0.05, 0) is 49.3 Å². The molecular weight excluding hydrogens is 433 g/mol. The van der Waals surface area contributed by atoms with E-state index in [1.807, 2.05) is 0 Å². The lowest BCUT2D eigenvalue weighted by Crippen LogP contribution is -2.54. The third-order valence-corrected chi connectivity index (χ3v) is 6.36. The molecule has 0 bridgehead atoms. The number of nitrogens with one attached hydrogen (secondary N) is 3. The summed E-state index contributed by atoms with van der Waals surface area (Å²) in [4.78, 5) is 15.5. The van der Waals surface area contributed by atoms with Crippen molar-refractivity contribution in [1.29, 1.82) is 0 Å². The number of rotatable bonds is 6. The van der Waals surface area contributed by atoms with Crippen LogP contribution in [0.25, 0.3) is 11.0 Å². The van der Waals surface area contributed by atoms with Crippen LogP contribution in [0.3, 0.4) is 0 Å². The number of aromatic amines is 1. The third-order valence-electron chi connectivity index (χ3n) is 6.14. The van der Waals surface area contributed by atoms with E-state index in [0.29, 0.717) is 28.8 Å². The van der Waals surface area contributed by atoms with Gasteiger partial charge in [0, 0.05) is 29.8 Å². The van der Waals surface area contributed by atoms with Crippen molar-refractivity contribution in [3.63, 3.8) is 0 Å². The highest BCUT2D eigenvalue weighted by Gasteiger charge is 2.38. The van der Waals surface area contributed by atoms with Crippen LogP contribution < -0.4 is 15.5 Å². The van der Waals surface area contributed by atoms with E-state index in [9.17, 15) is 9.18 Å². The van der Waals surface area contributed by atoms with Crippen LogP contribution in [0, 0.1) is 17.7 Å². The molecule has 3 N–H and O–H groups in total. The fourth-order valence-corrected chi connectivity index (χ4v) is 4.82. The predicted octanol–water partition coefficient (Wildman–Crippen LogP) is 3.37. The van der Waals surface area contributed by atoms with Gasteiger partial charge in [-0.1, -0.05) is 18.5 Å². The number of hydrogen-bond acceptors (Lipinski definition) is 6. The first kappa shape index (κ1) is 20.9. The Bertz CT molecular complexity index is 1110. The van der Waals surface area contributed by atoms with E-state index >= 15 is 0 Å². The van der Waals surface area contributed by atoms with Crippen molar-refractivity contribution in [2.45, 2.75) is 38.3 Å². The van der Waals surface area contributed by atoms with E-state index in [1.54, 1.807) is 18.5 Å². The van der Waals surface area contributed by atoms with E-state index in [-0.39, 0.29) is 17.9 Å². The lowest BCUT2D eigenvalue weighted by atomic mass is 9.95. The molecule has 32 heavy (non-hydrogen) atoms. The highest BCUT2D eigenvalue weighted by atomic mass is 35.5. The molecule has 0 spiro atoms. The van der Waals surface area contributed by atoms with Crippen molar-refractivity contribution in [3.8, 4) is 0 Å². The standard InChI is InChI=1S/C22H25ClFN7O/c1-12-4-17(11-31(10-12)19-9-26-30-21-18(19)8-25-29-21)28-22(32)20(13-2-3-13)27-16-6-14(23)5-15(24)7-16/h5-9,12-13,17,20,27H,2-4,10-11H2,1H3,(H,28,32)(H,25,29,30)/t12-,17+,20+/m0/s1. The number of aromatic nitrogens is 4. The lowest BCUT2D eigenvalue weighted by molar-refractivity contribution is -0.123. The Morgan fingerprint density at radius 2 is 2.12 bits per heavy atom. The van der Waals surface area contributed by atoms with Gasteiger partial charge in [-0.25, -0.2) is 4.39 Å². The van der Waals surface area contributed by atoms with E-state index in [0.717, 1.165) is 36.9 Å². The van der Waals surface area contributed by atoms with Crippen LogP contribution in [-0.2, 0) is 4.79 Å². The largest absolute Gasteiger partial charge is 0.373 e. The average molecular weight is 458 g/mol. The van der Waals surface area contributed by atoms with Gasteiger partial charge in [0.25, 0.3) is 0 Å². The summed E-state index contributed by atoms with van der Waals surface area (Å²) in [7, 11) is 0. The Morgan fingerprint density at radius 3 is 2.91 bits per heavy atom. The number of nitrogens with zero attached hydrogens (tertiary/aromatic N) is 4. The van der Waals surface area contributed by atoms with Gasteiger partial charge in [0.05, 0.1) is 23.5 Å².